The Labute approximate surface area is 232 Å². The van der Waals surface area contributed by atoms with Crippen LogP contribution >= 0.6 is 0 Å². The summed E-state index contributed by atoms with van der Waals surface area (Å²) < 4.78 is 12.4. The number of nitrogens with zero attached hydrogens (tertiary/aromatic N) is 2. The van der Waals surface area contributed by atoms with Crippen LogP contribution in [0.1, 0.15) is 96.1 Å². The minimum atomic E-state index is -0.858. The number of nitro groups is 1. The number of ether oxygens (including phenoxy) is 2. The van der Waals surface area contributed by atoms with E-state index in [2.05, 4.69) is 37.8 Å². The van der Waals surface area contributed by atoms with Crippen molar-refractivity contribution < 1.29 is 19.2 Å². The number of non-ortho nitro benzene ring substituents is 1. The van der Waals surface area contributed by atoms with Gasteiger partial charge in [0.25, 0.3) is 5.69 Å². The van der Waals surface area contributed by atoms with Crippen molar-refractivity contribution in [3.8, 4) is 5.75 Å². The second kappa shape index (κ2) is 12.7. The van der Waals surface area contributed by atoms with E-state index in [0.29, 0.717) is 24.3 Å². The zero-order chi connectivity index (χ0) is 27.9. The van der Waals surface area contributed by atoms with Gasteiger partial charge in [-0.1, -0.05) is 76.5 Å². The van der Waals surface area contributed by atoms with Crippen LogP contribution in [0.25, 0.3) is 6.08 Å². The molecule has 0 N–H and O–H groups in total. The Balaban J connectivity index is 1.36. The quantitative estimate of drug-likeness (QED) is 0.106. The minimum absolute atomic E-state index is 0.0302. The molecule has 2 heterocycles. The van der Waals surface area contributed by atoms with Gasteiger partial charge < -0.3 is 14.4 Å². The first-order chi connectivity index (χ1) is 18.8. The second-order valence-corrected chi connectivity index (χ2v) is 11.2. The summed E-state index contributed by atoms with van der Waals surface area (Å²) in [4.78, 5) is 25.5. The molecule has 7 heteroatoms. The van der Waals surface area contributed by atoms with Gasteiger partial charge in [-0.2, -0.15) is 0 Å². The van der Waals surface area contributed by atoms with E-state index in [4.69, 9.17) is 9.47 Å². The molecule has 0 radical (unpaired) electrons. The van der Waals surface area contributed by atoms with E-state index >= 15 is 0 Å². The smallest absolute Gasteiger partial charge is 0.305 e. The monoisotopic (exact) mass is 534 g/mol. The maximum atomic E-state index is 12.5. The molecule has 0 aromatic heterocycles. The van der Waals surface area contributed by atoms with Gasteiger partial charge >= 0.3 is 5.97 Å². The van der Waals surface area contributed by atoms with Crippen LogP contribution in [-0.2, 0) is 14.9 Å². The fourth-order valence-corrected chi connectivity index (χ4v) is 5.89. The summed E-state index contributed by atoms with van der Waals surface area (Å²) in [6.45, 7) is 7.24. The molecule has 1 atom stereocenters. The number of benzene rings is 2. The fourth-order valence-electron chi connectivity index (χ4n) is 5.89. The van der Waals surface area contributed by atoms with Crippen LogP contribution in [0.3, 0.4) is 0 Å². The summed E-state index contributed by atoms with van der Waals surface area (Å²) in [5, 5.41) is 11.3. The first-order valence-electron chi connectivity index (χ1n) is 14.5. The molecule has 1 unspecified atom stereocenters. The van der Waals surface area contributed by atoms with E-state index in [1.807, 2.05) is 24.3 Å². The van der Waals surface area contributed by atoms with Crippen LogP contribution in [0.4, 0.5) is 11.4 Å². The first-order valence-corrected chi connectivity index (χ1v) is 14.5. The average molecular weight is 535 g/mol. The highest BCUT2D eigenvalue weighted by Crippen LogP contribution is 2.54. The summed E-state index contributed by atoms with van der Waals surface area (Å²) in [5.41, 5.74) is 1.59. The van der Waals surface area contributed by atoms with E-state index in [1.54, 1.807) is 6.07 Å². The number of hydrogen-bond donors (Lipinski definition) is 0. The SMILES string of the molecule is CCCCCCCCCCCC(=O)OCCN1c2ccccc2C(C)(C)C12C=Cc1cc([N+](=O)[O-])ccc1O2. The van der Waals surface area contributed by atoms with Gasteiger partial charge in [0.15, 0.2) is 0 Å². The van der Waals surface area contributed by atoms with Gasteiger partial charge in [0.05, 0.1) is 16.9 Å². The van der Waals surface area contributed by atoms with Crippen LogP contribution in [0.2, 0.25) is 0 Å². The molecule has 0 saturated heterocycles. The predicted molar refractivity (Wildman–Crippen MR) is 155 cm³/mol. The molecule has 0 bridgehead atoms. The van der Waals surface area contributed by atoms with Crippen molar-refractivity contribution in [3.05, 3.63) is 69.8 Å². The Morgan fingerprint density at radius 2 is 1.69 bits per heavy atom. The number of anilines is 1. The standard InChI is InChI=1S/C32H42N2O5/c1-4-5-6-7-8-9-10-11-12-17-30(35)38-23-22-33-28-16-14-13-15-27(28)31(2,3)32(33)21-20-25-24-26(34(36)37)18-19-29(25)39-32/h13-16,18-21,24H,4-12,17,22-23H2,1-3H3. The maximum Gasteiger partial charge on any atom is 0.305 e. The van der Waals surface area contributed by atoms with E-state index in [9.17, 15) is 14.9 Å². The lowest BCUT2D eigenvalue weighted by Crippen LogP contribution is -2.60. The van der Waals surface area contributed by atoms with Gasteiger partial charge in [0.2, 0.25) is 5.72 Å². The zero-order valence-electron chi connectivity index (χ0n) is 23.6. The molecule has 210 valence electrons. The van der Waals surface area contributed by atoms with Crippen molar-refractivity contribution in [2.75, 3.05) is 18.1 Å². The number of carbonyl (C=O) groups is 1. The lowest BCUT2D eigenvalue weighted by Gasteiger charge is -2.47. The molecule has 39 heavy (non-hydrogen) atoms. The number of nitro benzene ring substituents is 1. The van der Waals surface area contributed by atoms with E-state index < -0.39 is 16.1 Å². The molecule has 4 rings (SSSR count). The van der Waals surface area contributed by atoms with Crippen LogP contribution in [0, 0.1) is 10.1 Å². The van der Waals surface area contributed by atoms with Crippen LogP contribution in [-0.4, -0.2) is 29.8 Å². The molecule has 0 amide bonds. The molecule has 0 aliphatic carbocycles. The number of esters is 1. The Hall–Kier alpha value is -3.35. The first kappa shape index (κ1) is 28.7. The molecule has 2 aromatic rings. The molecular weight excluding hydrogens is 492 g/mol. The summed E-state index contributed by atoms with van der Waals surface area (Å²) in [5.74, 6) is 0.438. The molecule has 0 saturated carbocycles. The molecule has 0 fully saturated rings. The Kier molecular flexibility index (Phi) is 9.31. The maximum absolute atomic E-state index is 12.5. The average Bonchev–Trinajstić information content (AvgIpc) is 3.10. The van der Waals surface area contributed by atoms with Crippen molar-refractivity contribution in [1.82, 2.24) is 0 Å². The summed E-state index contributed by atoms with van der Waals surface area (Å²) in [6, 6.07) is 12.9. The number of unbranched alkanes of at least 4 members (excludes halogenated alkanes) is 8. The summed E-state index contributed by atoms with van der Waals surface area (Å²) in [7, 11) is 0. The third kappa shape index (κ3) is 6.13. The van der Waals surface area contributed by atoms with Crippen molar-refractivity contribution in [2.45, 2.75) is 96.1 Å². The third-order valence-corrected chi connectivity index (χ3v) is 8.19. The summed E-state index contributed by atoms with van der Waals surface area (Å²) in [6.07, 6.45) is 15.2. The van der Waals surface area contributed by atoms with Gasteiger partial charge in [0, 0.05) is 29.8 Å². The highest BCUT2D eigenvalue weighted by molar-refractivity contribution is 5.73. The molecule has 2 aromatic carbocycles. The molecular formula is C32H42N2O5. The molecule has 7 nitrogen and oxygen atoms in total. The topological polar surface area (TPSA) is 81.9 Å². The van der Waals surface area contributed by atoms with Gasteiger partial charge in [-0.05, 0) is 50.1 Å². The number of fused-ring (bicyclic) bond motifs is 2. The Morgan fingerprint density at radius 1 is 1.00 bits per heavy atom. The van der Waals surface area contributed by atoms with E-state index in [-0.39, 0.29) is 18.3 Å². The van der Waals surface area contributed by atoms with Gasteiger partial charge in [0.1, 0.15) is 12.4 Å². The van der Waals surface area contributed by atoms with Crippen LogP contribution in [0.5, 0.6) is 5.75 Å². The Morgan fingerprint density at radius 3 is 2.41 bits per heavy atom. The number of para-hydroxylation sites is 1. The number of carbonyl (C=O) groups excluding carboxylic acids is 1. The molecule has 1 spiro atoms. The number of rotatable bonds is 14. The second-order valence-electron chi connectivity index (χ2n) is 11.2. The van der Waals surface area contributed by atoms with Crippen molar-refractivity contribution >= 4 is 23.4 Å². The largest absolute Gasteiger partial charge is 0.464 e. The normalized spacial score (nSPS) is 18.5. The van der Waals surface area contributed by atoms with Gasteiger partial charge in [-0.25, -0.2) is 0 Å². The zero-order valence-corrected chi connectivity index (χ0v) is 23.6. The fraction of sp³-hybridized carbons (Fsp3) is 0.531. The van der Waals surface area contributed by atoms with E-state index in [0.717, 1.165) is 24.1 Å². The van der Waals surface area contributed by atoms with Gasteiger partial charge in [-0.3, -0.25) is 14.9 Å². The van der Waals surface area contributed by atoms with Crippen molar-refractivity contribution in [1.29, 1.82) is 0 Å². The minimum Gasteiger partial charge on any atom is -0.464 e. The van der Waals surface area contributed by atoms with Crippen LogP contribution < -0.4 is 9.64 Å². The van der Waals surface area contributed by atoms with Crippen LogP contribution in [0.15, 0.2) is 48.5 Å². The summed E-state index contributed by atoms with van der Waals surface area (Å²) >= 11 is 0. The lowest BCUT2D eigenvalue weighted by molar-refractivity contribution is -0.384. The van der Waals surface area contributed by atoms with Gasteiger partial charge in [-0.15, -0.1) is 0 Å². The van der Waals surface area contributed by atoms with E-state index in [1.165, 1.54) is 57.1 Å². The highest BCUT2D eigenvalue weighted by Gasteiger charge is 2.58. The van der Waals surface area contributed by atoms with Crippen molar-refractivity contribution in [2.24, 2.45) is 0 Å². The van der Waals surface area contributed by atoms with Crippen molar-refractivity contribution in [3.63, 3.8) is 0 Å². The number of hydrogen-bond acceptors (Lipinski definition) is 6. The lowest BCUT2D eigenvalue weighted by atomic mass is 9.76. The highest BCUT2D eigenvalue weighted by atomic mass is 16.6. The molecule has 2 aliphatic rings. The molecule has 2 aliphatic heterocycles. The third-order valence-electron chi connectivity index (χ3n) is 8.19. The Bertz CT molecular complexity index is 1190. The predicted octanol–water partition coefficient (Wildman–Crippen LogP) is 7.96.